The molecule has 1 aliphatic rings. The summed E-state index contributed by atoms with van der Waals surface area (Å²) in [5, 5.41) is 5.01. The Morgan fingerprint density at radius 3 is 2.54 bits per heavy atom. The summed E-state index contributed by atoms with van der Waals surface area (Å²) in [5.41, 5.74) is 2.24. The Bertz CT molecular complexity index is 1420. The van der Waals surface area contributed by atoms with E-state index in [1.807, 2.05) is 18.2 Å². The van der Waals surface area contributed by atoms with E-state index < -0.39 is 5.82 Å². The van der Waals surface area contributed by atoms with Crippen LogP contribution < -0.4 is 4.90 Å². The topological polar surface area (TPSA) is 88.2 Å². The minimum absolute atomic E-state index is 0. The standard InChI is InChI=1S/C27H29FN6O2.ClH/c1-16(2)24-31-26(36-32-24)17-10-12-34(13-11-17)25-21-7-5-6-19(23(21)29-15-30-25)18-8-9-20(22(28)14-18)27(35)33(3)4;/h5-9,14-17H,10-13H2,1-4H3;1H. The van der Waals surface area contributed by atoms with E-state index in [0.29, 0.717) is 11.5 Å². The van der Waals surface area contributed by atoms with Crippen LogP contribution in [0.4, 0.5) is 10.2 Å². The molecule has 1 fully saturated rings. The number of hydrogen-bond acceptors (Lipinski definition) is 7. The number of piperidine rings is 1. The summed E-state index contributed by atoms with van der Waals surface area (Å²) in [4.78, 5) is 29.6. The maximum absolute atomic E-state index is 14.8. The molecular weight excluding hydrogens is 495 g/mol. The molecule has 5 rings (SSSR count). The fourth-order valence-corrected chi connectivity index (χ4v) is 4.64. The number of para-hydroxylation sites is 1. The largest absolute Gasteiger partial charge is 0.356 e. The highest BCUT2D eigenvalue weighted by Gasteiger charge is 2.27. The lowest BCUT2D eigenvalue weighted by atomic mass is 9.96. The zero-order chi connectivity index (χ0) is 25.4. The normalized spacial score (nSPS) is 14.2. The van der Waals surface area contributed by atoms with Crippen LogP contribution in [0.3, 0.4) is 0 Å². The van der Waals surface area contributed by atoms with Gasteiger partial charge in [0.05, 0.1) is 11.1 Å². The minimum Gasteiger partial charge on any atom is -0.356 e. The Morgan fingerprint density at radius 1 is 1.14 bits per heavy atom. The molecule has 4 aromatic rings. The van der Waals surface area contributed by atoms with Crippen molar-refractivity contribution in [1.29, 1.82) is 0 Å². The second kappa shape index (κ2) is 10.8. The number of amides is 1. The molecule has 10 heteroatoms. The number of nitrogens with zero attached hydrogens (tertiary/aromatic N) is 6. The third-order valence-electron chi connectivity index (χ3n) is 6.68. The van der Waals surface area contributed by atoms with Crippen LogP contribution in [0.1, 0.15) is 60.6 Å². The van der Waals surface area contributed by atoms with Crippen molar-refractivity contribution >= 4 is 35.0 Å². The molecule has 1 saturated heterocycles. The molecule has 0 bridgehead atoms. The number of halogens is 2. The van der Waals surface area contributed by atoms with Crippen LogP contribution in [-0.4, -0.2) is 58.1 Å². The molecule has 1 aliphatic heterocycles. The monoisotopic (exact) mass is 524 g/mol. The molecule has 194 valence electrons. The van der Waals surface area contributed by atoms with Crippen molar-refractivity contribution in [2.24, 2.45) is 0 Å². The van der Waals surface area contributed by atoms with Gasteiger partial charge in [0.1, 0.15) is 18.0 Å². The predicted octanol–water partition coefficient (Wildman–Crippen LogP) is 5.45. The third-order valence-corrected chi connectivity index (χ3v) is 6.68. The molecular formula is C27H30ClFN6O2. The second-order valence-corrected chi connectivity index (χ2v) is 9.70. The smallest absolute Gasteiger partial charge is 0.256 e. The summed E-state index contributed by atoms with van der Waals surface area (Å²) < 4.78 is 20.4. The fraction of sp³-hybridized carbons (Fsp3) is 0.370. The molecule has 0 atom stereocenters. The zero-order valence-electron chi connectivity index (χ0n) is 21.3. The van der Waals surface area contributed by atoms with E-state index >= 15 is 0 Å². The molecule has 37 heavy (non-hydrogen) atoms. The summed E-state index contributed by atoms with van der Waals surface area (Å²) in [5.74, 6) is 1.86. The van der Waals surface area contributed by atoms with E-state index in [1.54, 1.807) is 26.5 Å². The van der Waals surface area contributed by atoms with Crippen LogP contribution in [0.2, 0.25) is 0 Å². The zero-order valence-corrected chi connectivity index (χ0v) is 22.1. The number of carbonyl (C=O) groups is 1. The number of benzene rings is 2. The van der Waals surface area contributed by atoms with Crippen molar-refractivity contribution in [3.8, 4) is 11.1 Å². The highest BCUT2D eigenvalue weighted by atomic mass is 35.5. The van der Waals surface area contributed by atoms with E-state index in [0.717, 1.165) is 54.0 Å². The molecule has 1 amide bonds. The molecule has 0 radical (unpaired) electrons. The van der Waals surface area contributed by atoms with Gasteiger partial charge < -0.3 is 14.3 Å². The van der Waals surface area contributed by atoms with Gasteiger partial charge in [-0.2, -0.15) is 4.98 Å². The van der Waals surface area contributed by atoms with Crippen LogP contribution in [0.25, 0.3) is 22.0 Å². The van der Waals surface area contributed by atoms with Gasteiger partial charge in [-0.25, -0.2) is 14.4 Å². The molecule has 0 spiro atoms. The molecule has 0 unspecified atom stereocenters. The third kappa shape index (κ3) is 5.13. The van der Waals surface area contributed by atoms with E-state index in [9.17, 15) is 9.18 Å². The van der Waals surface area contributed by atoms with Crippen LogP contribution in [0.15, 0.2) is 47.2 Å². The number of rotatable bonds is 5. The lowest BCUT2D eigenvalue weighted by Crippen LogP contribution is -2.33. The molecule has 8 nitrogen and oxygen atoms in total. The average molecular weight is 525 g/mol. The Balaban J connectivity index is 0.00000320. The van der Waals surface area contributed by atoms with Crippen molar-refractivity contribution in [3.05, 3.63) is 65.8 Å². The molecule has 2 aromatic carbocycles. The van der Waals surface area contributed by atoms with Gasteiger partial charge in [0, 0.05) is 50.0 Å². The number of hydrogen-bond donors (Lipinski definition) is 0. The number of carbonyl (C=O) groups excluding carboxylic acids is 1. The van der Waals surface area contributed by atoms with Crippen molar-refractivity contribution < 1.29 is 13.7 Å². The van der Waals surface area contributed by atoms with Crippen LogP contribution in [-0.2, 0) is 0 Å². The van der Waals surface area contributed by atoms with Gasteiger partial charge in [0.25, 0.3) is 5.91 Å². The van der Waals surface area contributed by atoms with Gasteiger partial charge in [-0.3, -0.25) is 4.79 Å². The average Bonchev–Trinajstić information content (AvgIpc) is 3.38. The highest BCUT2D eigenvalue weighted by molar-refractivity contribution is 6.00. The van der Waals surface area contributed by atoms with Crippen LogP contribution >= 0.6 is 12.4 Å². The van der Waals surface area contributed by atoms with Crippen LogP contribution in [0.5, 0.6) is 0 Å². The predicted molar refractivity (Wildman–Crippen MR) is 143 cm³/mol. The van der Waals surface area contributed by atoms with E-state index in [-0.39, 0.29) is 35.7 Å². The van der Waals surface area contributed by atoms with E-state index in [1.165, 1.54) is 17.0 Å². The van der Waals surface area contributed by atoms with Crippen molar-refractivity contribution in [2.45, 2.75) is 38.5 Å². The first-order chi connectivity index (χ1) is 17.3. The van der Waals surface area contributed by atoms with Crippen molar-refractivity contribution in [1.82, 2.24) is 25.0 Å². The van der Waals surface area contributed by atoms with Gasteiger partial charge in [-0.05, 0) is 36.6 Å². The maximum atomic E-state index is 14.8. The van der Waals surface area contributed by atoms with Crippen LogP contribution in [0, 0.1) is 5.82 Å². The summed E-state index contributed by atoms with van der Waals surface area (Å²) in [6, 6.07) is 10.5. The second-order valence-electron chi connectivity index (χ2n) is 9.70. The van der Waals surface area contributed by atoms with Gasteiger partial charge >= 0.3 is 0 Å². The summed E-state index contributed by atoms with van der Waals surface area (Å²) >= 11 is 0. The first kappa shape index (κ1) is 26.5. The van der Waals surface area contributed by atoms with Crippen molar-refractivity contribution in [2.75, 3.05) is 32.1 Å². The quantitative estimate of drug-likeness (QED) is 0.343. The SMILES string of the molecule is CC(C)c1noc(C2CCN(c3ncnc4c(-c5ccc(C(=O)N(C)C)c(F)c5)cccc34)CC2)n1.Cl. The first-order valence-electron chi connectivity index (χ1n) is 12.2. The van der Waals surface area contributed by atoms with Gasteiger partial charge in [0.15, 0.2) is 5.82 Å². The number of anilines is 1. The number of aromatic nitrogens is 4. The Labute approximate surface area is 221 Å². The summed E-state index contributed by atoms with van der Waals surface area (Å²) in [6.45, 7) is 5.71. The van der Waals surface area contributed by atoms with E-state index in [4.69, 9.17) is 4.52 Å². The van der Waals surface area contributed by atoms with E-state index in [2.05, 4.69) is 38.9 Å². The molecule has 0 N–H and O–H groups in total. The first-order valence-corrected chi connectivity index (χ1v) is 12.2. The van der Waals surface area contributed by atoms with Gasteiger partial charge in [0.2, 0.25) is 5.89 Å². The minimum atomic E-state index is -0.554. The molecule has 0 saturated carbocycles. The van der Waals surface area contributed by atoms with Crippen molar-refractivity contribution in [3.63, 3.8) is 0 Å². The summed E-state index contributed by atoms with van der Waals surface area (Å²) in [6.07, 6.45) is 3.33. The molecule has 0 aliphatic carbocycles. The Morgan fingerprint density at radius 2 is 1.89 bits per heavy atom. The lowest BCUT2D eigenvalue weighted by Gasteiger charge is -2.32. The van der Waals surface area contributed by atoms with Gasteiger partial charge in [-0.15, -0.1) is 12.4 Å². The fourth-order valence-electron chi connectivity index (χ4n) is 4.64. The molecule has 3 heterocycles. The molecule has 2 aromatic heterocycles. The number of fused-ring (bicyclic) bond motifs is 1. The summed E-state index contributed by atoms with van der Waals surface area (Å²) in [7, 11) is 3.21. The highest BCUT2D eigenvalue weighted by Crippen LogP contribution is 2.35. The Kier molecular flexibility index (Phi) is 7.73. The Hall–Kier alpha value is -3.59. The maximum Gasteiger partial charge on any atom is 0.256 e. The lowest BCUT2D eigenvalue weighted by molar-refractivity contribution is 0.0823. The van der Waals surface area contributed by atoms with Gasteiger partial charge in [-0.1, -0.05) is 37.2 Å².